The molecule has 1 N–H and O–H groups in total. The minimum atomic E-state index is -0.687. The van der Waals surface area contributed by atoms with Crippen LogP contribution in [0, 0.1) is 0 Å². The van der Waals surface area contributed by atoms with Crippen LogP contribution in [0.15, 0.2) is 78.9 Å². The molecule has 0 spiro atoms. The Bertz CT molecular complexity index is 984. The molecular weight excluding hydrogens is 362 g/mol. The van der Waals surface area contributed by atoms with Gasteiger partial charge in [0.05, 0.1) is 13.0 Å². The van der Waals surface area contributed by atoms with Crippen molar-refractivity contribution >= 4 is 11.9 Å². The molecule has 1 aliphatic carbocycles. The quantitative estimate of drug-likeness (QED) is 0.650. The number of hydrogen-bond donors (Lipinski definition) is 1. The van der Waals surface area contributed by atoms with Crippen LogP contribution in [0.4, 0.5) is 0 Å². The second-order valence-electron chi connectivity index (χ2n) is 7.22. The summed E-state index contributed by atoms with van der Waals surface area (Å²) in [7, 11) is 1.35. The van der Waals surface area contributed by atoms with Gasteiger partial charge in [0, 0.05) is 0 Å². The van der Waals surface area contributed by atoms with E-state index >= 15 is 0 Å². The number of hydrogen-bond acceptors (Lipinski definition) is 3. The molecule has 0 saturated carbocycles. The molecule has 0 aliphatic heterocycles. The fourth-order valence-electron chi connectivity index (χ4n) is 4.04. The average Bonchev–Trinajstić information content (AvgIpc) is 3.11. The zero-order chi connectivity index (χ0) is 20.2. The highest BCUT2D eigenvalue weighted by Crippen LogP contribution is 2.44. The van der Waals surface area contributed by atoms with Gasteiger partial charge in [0.1, 0.15) is 6.04 Å². The zero-order valence-corrected chi connectivity index (χ0v) is 16.3. The molecule has 4 heteroatoms. The second kappa shape index (κ2) is 8.31. The van der Waals surface area contributed by atoms with E-state index in [1.54, 1.807) is 0 Å². The van der Waals surface area contributed by atoms with Crippen molar-refractivity contribution in [2.75, 3.05) is 7.11 Å². The van der Waals surface area contributed by atoms with Crippen LogP contribution in [0.25, 0.3) is 11.1 Å². The molecule has 0 heterocycles. The van der Waals surface area contributed by atoms with E-state index in [0.29, 0.717) is 12.8 Å². The number of fused-ring (bicyclic) bond motifs is 3. The van der Waals surface area contributed by atoms with Crippen molar-refractivity contribution in [3.8, 4) is 11.1 Å². The first-order valence-electron chi connectivity index (χ1n) is 9.79. The normalized spacial score (nSPS) is 13.3. The Balaban J connectivity index is 1.57. The first-order chi connectivity index (χ1) is 14.2. The molecule has 0 fully saturated rings. The van der Waals surface area contributed by atoms with Gasteiger partial charge in [0.25, 0.3) is 0 Å². The van der Waals surface area contributed by atoms with Crippen LogP contribution in [0.1, 0.15) is 29.0 Å². The Morgan fingerprint density at radius 3 is 2.00 bits per heavy atom. The van der Waals surface area contributed by atoms with Gasteiger partial charge < -0.3 is 10.1 Å². The fourth-order valence-corrected chi connectivity index (χ4v) is 4.04. The number of amides is 1. The van der Waals surface area contributed by atoms with Crippen molar-refractivity contribution in [3.05, 3.63) is 95.6 Å². The third kappa shape index (κ3) is 3.79. The van der Waals surface area contributed by atoms with E-state index in [1.807, 2.05) is 78.9 Å². The van der Waals surface area contributed by atoms with E-state index < -0.39 is 17.9 Å². The number of carbonyl (C=O) groups excluding carboxylic acids is 2. The fraction of sp³-hybridized carbons (Fsp3) is 0.200. The summed E-state index contributed by atoms with van der Waals surface area (Å²) in [6.07, 6.45) is 1.16. The Hall–Kier alpha value is -3.40. The highest BCUT2D eigenvalue weighted by Gasteiger charge is 2.35. The summed E-state index contributed by atoms with van der Waals surface area (Å²) in [5.74, 6) is -1.02. The van der Waals surface area contributed by atoms with Gasteiger partial charge in [-0.2, -0.15) is 0 Å². The molecule has 4 nitrogen and oxygen atoms in total. The predicted molar refractivity (Wildman–Crippen MR) is 112 cm³/mol. The molecule has 1 amide bonds. The number of nitrogens with one attached hydrogen (secondary N) is 1. The molecule has 146 valence electrons. The van der Waals surface area contributed by atoms with Gasteiger partial charge in [0.15, 0.2) is 0 Å². The lowest BCUT2D eigenvalue weighted by Crippen LogP contribution is -2.43. The summed E-state index contributed by atoms with van der Waals surface area (Å²) in [6.45, 7) is 0. The van der Waals surface area contributed by atoms with E-state index in [4.69, 9.17) is 4.74 Å². The van der Waals surface area contributed by atoms with Crippen LogP contribution in [-0.2, 0) is 20.7 Å². The standard InChI is InChI=1S/C25H23NO3/c1-29-25(28)22(16-15-17-9-3-2-4-10-17)26-24(27)23-20-13-7-5-11-18(20)19-12-6-8-14-21(19)23/h2-14,22-23H,15-16H2,1H3,(H,26,27)/t22-/m1/s1. The number of methoxy groups -OCH3 is 1. The molecule has 1 atom stereocenters. The molecule has 3 aromatic carbocycles. The zero-order valence-electron chi connectivity index (χ0n) is 16.3. The first-order valence-corrected chi connectivity index (χ1v) is 9.79. The number of benzene rings is 3. The van der Waals surface area contributed by atoms with Gasteiger partial charge in [-0.1, -0.05) is 78.9 Å². The Labute approximate surface area is 170 Å². The van der Waals surface area contributed by atoms with Crippen LogP contribution >= 0.6 is 0 Å². The highest BCUT2D eigenvalue weighted by atomic mass is 16.5. The van der Waals surface area contributed by atoms with Crippen LogP contribution in [0.2, 0.25) is 0 Å². The van der Waals surface area contributed by atoms with Gasteiger partial charge in [0.2, 0.25) is 5.91 Å². The number of ether oxygens (including phenoxy) is 1. The van der Waals surface area contributed by atoms with Crippen molar-refractivity contribution in [3.63, 3.8) is 0 Å². The SMILES string of the molecule is COC(=O)[C@@H](CCc1ccccc1)NC(=O)C1c2ccccc2-c2ccccc21. The van der Waals surface area contributed by atoms with Gasteiger partial charge in [-0.3, -0.25) is 4.79 Å². The summed E-state index contributed by atoms with van der Waals surface area (Å²) < 4.78 is 4.95. The van der Waals surface area contributed by atoms with Crippen molar-refractivity contribution in [1.29, 1.82) is 0 Å². The monoisotopic (exact) mass is 385 g/mol. The van der Waals surface area contributed by atoms with Crippen molar-refractivity contribution in [2.24, 2.45) is 0 Å². The largest absolute Gasteiger partial charge is 0.467 e. The molecule has 1 aliphatic rings. The maximum Gasteiger partial charge on any atom is 0.328 e. The van der Waals surface area contributed by atoms with Crippen molar-refractivity contribution in [1.82, 2.24) is 5.32 Å². The average molecular weight is 385 g/mol. The molecule has 4 rings (SSSR count). The summed E-state index contributed by atoms with van der Waals surface area (Å²) in [5, 5.41) is 2.95. The van der Waals surface area contributed by atoms with E-state index in [9.17, 15) is 9.59 Å². The Kier molecular flexibility index (Phi) is 5.43. The molecule has 0 radical (unpaired) electrons. The van der Waals surface area contributed by atoms with Gasteiger partial charge in [-0.15, -0.1) is 0 Å². The van der Waals surface area contributed by atoms with Crippen molar-refractivity contribution in [2.45, 2.75) is 24.8 Å². The number of esters is 1. The lowest BCUT2D eigenvalue weighted by Gasteiger charge is -2.20. The summed E-state index contributed by atoms with van der Waals surface area (Å²) in [6, 6.07) is 25.1. The third-order valence-corrected chi connectivity index (χ3v) is 5.46. The topological polar surface area (TPSA) is 55.4 Å². The minimum absolute atomic E-state index is 0.175. The van der Waals surface area contributed by atoms with Gasteiger partial charge in [-0.05, 0) is 40.7 Å². The lowest BCUT2D eigenvalue weighted by atomic mass is 9.95. The summed E-state index contributed by atoms with van der Waals surface area (Å²) >= 11 is 0. The molecule has 29 heavy (non-hydrogen) atoms. The van der Waals surface area contributed by atoms with Gasteiger partial charge in [-0.25, -0.2) is 4.79 Å². The molecule has 0 saturated heterocycles. The predicted octanol–water partition coefficient (Wildman–Crippen LogP) is 4.09. The second-order valence-corrected chi connectivity index (χ2v) is 7.22. The Morgan fingerprint density at radius 1 is 0.862 bits per heavy atom. The molecule has 0 aromatic heterocycles. The van der Waals surface area contributed by atoms with Gasteiger partial charge >= 0.3 is 5.97 Å². The van der Waals surface area contributed by atoms with E-state index in [2.05, 4.69) is 5.32 Å². The van der Waals surface area contributed by atoms with Crippen LogP contribution < -0.4 is 5.32 Å². The molecule has 0 bridgehead atoms. The maximum atomic E-state index is 13.3. The highest BCUT2D eigenvalue weighted by molar-refractivity contribution is 5.97. The number of rotatable bonds is 6. The molecule has 3 aromatic rings. The lowest BCUT2D eigenvalue weighted by molar-refractivity contribution is -0.145. The van der Waals surface area contributed by atoms with Crippen LogP contribution in [-0.4, -0.2) is 25.0 Å². The summed E-state index contributed by atoms with van der Waals surface area (Å²) in [4.78, 5) is 25.6. The molecule has 0 unspecified atom stereocenters. The number of carbonyl (C=O) groups is 2. The smallest absolute Gasteiger partial charge is 0.328 e. The maximum absolute atomic E-state index is 13.3. The van der Waals surface area contributed by atoms with E-state index in [-0.39, 0.29) is 5.91 Å². The van der Waals surface area contributed by atoms with E-state index in [0.717, 1.165) is 27.8 Å². The van der Waals surface area contributed by atoms with E-state index in [1.165, 1.54) is 7.11 Å². The Morgan fingerprint density at radius 2 is 1.41 bits per heavy atom. The third-order valence-electron chi connectivity index (χ3n) is 5.46. The minimum Gasteiger partial charge on any atom is -0.467 e. The summed E-state index contributed by atoms with van der Waals surface area (Å²) in [5.41, 5.74) is 5.20. The first kappa shape index (κ1) is 18.9. The van der Waals surface area contributed by atoms with Crippen LogP contribution in [0.5, 0.6) is 0 Å². The number of aryl methyl sites for hydroxylation is 1. The van der Waals surface area contributed by atoms with Crippen molar-refractivity contribution < 1.29 is 14.3 Å². The molecular formula is C25H23NO3. The van der Waals surface area contributed by atoms with Crippen LogP contribution in [0.3, 0.4) is 0 Å².